The van der Waals surface area contributed by atoms with Crippen molar-refractivity contribution in [3.05, 3.63) is 89.7 Å². The summed E-state index contributed by atoms with van der Waals surface area (Å²) in [6, 6.07) is 25.0. The lowest BCUT2D eigenvalue weighted by atomic mass is 9.87. The molecule has 0 N–H and O–H groups in total. The van der Waals surface area contributed by atoms with Crippen molar-refractivity contribution in [2.75, 3.05) is 18.1 Å². The van der Waals surface area contributed by atoms with E-state index in [0.29, 0.717) is 19.6 Å². The standard InChI is InChI=1S/C33H39N3O2/c1-5-24-12-6-8-14-29(24)36-23-25(22-31(36)37)32-34-28-13-7-9-15-30(28)35(32)20-10-11-21-38-27-18-16-26(17-19-27)33(2,3)4/h6-9,12-19,25H,5,10-11,20-23H2,1-4H3. The highest BCUT2D eigenvalue weighted by atomic mass is 16.5. The summed E-state index contributed by atoms with van der Waals surface area (Å²) in [5.41, 5.74) is 5.84. The topological polar surface area (TPSA) is 47.4 Å². The van der Waals surface area contributed by atoms with Gasteiger partial charge in [0.1, 0.15) is 11.6 Å². The summed E-state index contributed by atoms with van der Waals surface area (Å²) in [7, 11) is 0. The maximum absolute atomic E-state index is 13.1. The SMILES string of the molecule is CCc1ccccc1N1CC(c2nc3ccccc3n2CCCCOc2ccc(C(C)(C)C)cc2)CC1=O. The summed E-state index contributed by atoms with van der Waals surface area (Å²) in [6.45, 7) is 11.0. The quantitative estimate of drug-likeness (QED) is 0.223. The zero-order chi connectivity index (χ0) is 26.7. The van der Waals surface area contributed by atoms with E-state index in [1.165, 1.54) is 11.1 Å². The Hall–Kier alpha value is -3.60. The molecule has 0 spiro atoms. The summed E-state index contributed by atoms with van der Waals surface area (Å²) < 4.78 is 8.37. The third-order valence-corrected chi connectivity index (χ3v) is 7.60. The molecule has 2 heterocycles. The molecule has 198 valence electrons. The van der Waals surface area contributed by atoms with Crippen LogP contribution in [0.3, 0.4) is 0 Å². The van der Waals surface area contributed by atoms with Crippen molar-refractivity contribution in [2.45, 2.75) is 71.3 Å². The van der Waals surface area contributed by atoms with E-state index in [4.69, 9.17) is 9.72 Å². The number of carbonyl (C=O) groups is 1. The summed E-state index contributed by atoms with van der Waals surface area (Å²) in [5, 5.41) is 0. The molecule has 1 fully saturated rings. The van der Waals surface area contributed by atoms with E-state index in [-0.39, 0.29) is 17.2 Å². The lowest BCUT2D eigenvalue weighted by Gasteiger charge is -2.20. The number of ether oxygens (including phenoxy) is 1. The van der Waals surface area contributed by atoms with Gasteiger partial charge in [0.05, 0.1) is 17.6 Å². The lowest BCUT2D eigenvalue weighted by molar-refractivity contribution is -0.117. The molecule has 0 bridgehead atoms. The number of carbonyl (C=O) groups excluding carboxylic acids is 1. The molecule has 3 aromatic carbocycles. The Kier molecular flexibility index (Phi) is 7.55. The Morgan fingerprint density at radius 3 is 2.45 bits per heavy atom. The predicted octanol–water partition coefficient (Wildman–Crippen LogP) is 7.28. The molecule has 0 aliphatic carbocycles. The van der Waals surface area contributed by atoms with E-state index >= 15 is 0 Å². The molecule has 5 rings (SSSR count). The van der Waals surface area contributed by atoms with Gasteiger partial charge in [-0.05, 0) is 66.1 Å². The van der Waals surface area contributed by atoms with Crippen molar-refractivity contribution < 1.29 is 9.53 Å². The average molecular weight is 510 g/mol. The summed E-state index contributed by atoms with van der Waals surface area (Å²) in [6.07, 6.45) is 3.34. The smallest absolute Gasteiger partial charge is 0.227 e. The highest BCUT2D eigenvalue weighted by molar-refractivity contribution is 5.97. The van der Waals surface area contributed by atoms with Crippen molar-refractivity contribution in [2.24, 2.45) is 0 Å². The van der Waals surface area contributed by atoms with Crippen LogP contribution in [0.2, 0.25) is 0 Å². The normalized spacial score (nSPS) is 15.9. The third-order valence-electron chi connectivity index (χ3n) is 7.60. The fraction of sp³-hybridized carbons (Fsp3) is 0.394. The fourth-order valence-corrected chi connectivity index (χ4v) is 5.44. The largest absolute Gasteiger partial charge is 0.494 e. The van der Waals surface area contributed by atoms with Crippen LogP contribution in [0.1, 0.15) is 69.8 Å². The molecule has 1 aromatic heterocycles. The molecule has 1 aliphatic rings. The van der Waals surface area contributed by atoms with Gasteiger partial charge in [0.15, 0.2) is 0 Å². The second-order valence-corrected chi connectivity index (χ2v) is 11.3. The molecule has 5 heteroatoms. The number of aromatic nitrogens is 2. The van der Waals surface area contributed by atoms with Crippen LogP contribution in [-0.2, 0) is 23.2 Å². The van der Waals surface area contributed by atoms with E-state index in [9.17, 15) is 4.79 Å². The van der Waals surface area contributed by atoms with E-state index in [1.54, 1.807) is 0 Å². The number of para-hydroxylation sites is 3. The number of imidazole rings is 1. The Morgan fingerprint density at radius 1 is 0.947 bits per heavy atom. The van der Waals surface area contributed by atoms with Gasteiger partial charge in [0, 0.05) is 31.1 Å². The second kappa shape index (κ2) is 11.0. The Morgan fingerprint density at radius 2 is 1.68 bits per heavy atom. The number of fused-ring (bicyclic) bond motifs is 1. The number of aryl methyl sites for hydroxylation is 2. The van der Waals surface area contributed by atoms with Crippen molar-refractivity contribution in [3.63, 3.8) is 0 Å². The van der Waals surface area contributed by atoms with Gasteiger partial charge in [0.25, 0.3) is 0 Å². The first-order valence-electron chi connectivity index (χ1n) is 13.9. The number of amides is 1. The van der Waals surface area contributed by atoms with E-state index < -0.39 is 0 Å². The Labute approximate surface area is 226 Å². The minimum atomic E-state index is 0.0809. The van der Waals surface area contributed by atoms with Crippen molar-refractivity contribution in [1.29, 1.82) is 0 Å². The highest BCUT2D eigenvalue weighted by Crippen LogP contribution is 2.35. The molecular formula is C33H39N3O2. The zero-order valence-corrected chi connectivity index (χ0v) is 23.1. The number of benzene rings is 3. The molecule has 5 nitrogen and oxygen atoms in total. The van der Waals surface area contributed by atoms with Crippen LogP contribution in [0.5, 0.6) is 5.75 Å². The van der Waals surface area contributed by atoms with Gasteiger partial charge in [-0.15, -0.1) is 0 Å². The van der Waals surface area contributed by atoms with Crippen molar-refractivity contribution >= 4 is 22.6 Å². The number of hydrogen-bond donors (Lipinski definition) is 0. The molecule has 1 aliphatic heterocycles. The predicted molar refractivity (Wildman–Crippen MR) is 155 cm³/mol. The van der Waals surface area contributed by atoms with E-state index in [0.717, 1.165) is 54.1 Å². The summed E-state index contributed by atoms with van der Waals surface area (Å²) in [5.74, 6) is 2.20. The van der Waals surface area contributed by atoms with Crippen LogP contribution in [0, 0.1) is 0 Å². The van der Waals surface area contributed by atoms with Gasteiger partial charge in [-0.3, -0.25) is 4.79 Å². The number of hydrogen-bond acceptors (Lipinski definition) is 3. The van der Waals surface area contributed by atoms with Crippen LogP contribution in [0.15, 0.2) is 72.8 Å². The molecule has 0 saturated carbocycles. The van der Waals surface area contributed by atoms with E-state index in [2.05, 4.69) is 86.9 Å². The molecule has 1 amide bonds. The van der Waals surface area contributed by atoms with E-state index in [1.807, 2.05) is 23.1 Å². The zero-order valence-electron chi connectivity index (χ0n) is 23.1. The molecule has 1 atom stereocenters. The van der Waals surface area contributed by atoms with Gasteiger partial charge >= 0.3 is 0 Å². The lowest BCUT2D eigenvalue weighted by Crippen LogP contribution is -2.25. The number of nitrogens with zero attached hydrogens (tertiary/aromatic N) is 3. The molecule has 4 aromatic rings. The molecule has 1 saturated heterocycles. The third kappa shape index (κ3) is 5.47. The summed E-state index contributed by atoms with van der Waals surface area (Å²) >= 11 is 0. The van der Waals surface area contributed by atoms with Gasteiger partial charge < -0.3 is 14.2 Å². The monoisotopic (exact) mass is 509 g/mol. The first kappa shape index (κ1) is 26.0. The van der Waals surface area contributed by atoms with Crippen LogP contribution >= 0.6 is 0 Å². The van der Waals surface area contributed by atoms with Crippen LogP contribution < -0.4 is 9.64 Å². The number of anilines is 1. The summed E-state index contributed by atoms with van der Waals surface area (Å²) in [4.78, 5) is 20.1. The molecule has 1 unspecified atom stereocenters. The van der Waals surface area contributed by atoms with Crippen LogP contribution in [0.25, 0.3) is 11.0 Å². The maximum Gasteiger partial charge on any atom is 0.227 e. The Balaban J connectivity index is 1.26. The minimum Gasteiger partial charge on any atom is -0.494 e. The second-order valence-electron chi connectivity index (χ2n) is 11.3. The highest BCUT2D eigenvalue weighted by Gasteiger charge is 2.35. The van der Waals surface area contributed by atoms with Gasteiger partial charge in [-0.1, -0.05) is 70.2 Å². The molecular weight excluding hydrogens is 470 g/mol. The number of rotatable bonds is 9. The number of unbranched alkanes of at least 4 members (excludes halogenated alkanes) is 1. The van der Waals surface area contributed by atoms with Crippen LogP contribution in [0.4, 0.5) is 5.69 Å². The molecule has 38 heavy (non-hydrogen) atoms. The maximum atomic E-state index is 13.1. The average Bonchev–Trinajstić information content (AvgIpc) is 3.48. The van der Waals surface area contributed by atoms with Gasteiger partial charge in [-0.2, -0.15) is 0 Å². The van der Waals surface area contributed by atoms with Crippen LogP contribution in [-0.4, -0.2) is 28.6 Å². The first-order valence-corrected chi connectivity index (χ1v) is 13.9. The van der Waals surface area contributed by atoms with Crippen molar-refractivity contribution in [3.8, 4) is 5.75 Å². The first-order chi connectivity index (χ1) is 18.3. The fourth-order valence-electron chi connectivity index (χ4n) is 5.44. The minimum absolute atomic E-state index is 0.0809. The van der Waals surface area contributed by atoms with Gasteiger partial charge in [0.2, 0.25) is 5.91 Å². The van der Waals surface area contributed by atoms with Gasteiger partial charge in [-0.25, -0.2) is 4.98 Å². The Bertz CT molecular complexity index is 1400. The van der Waals surface area contributed by atoms with Crippen molar-refractivity contribution in [1.82, 2.24) is 9.55 Å². The molecule has 0 radical (unpaired) electrons.